The van der Waals surface area contributed by atoms with Crippen molar-refractivity contribution in [2.75, 3.05) is 25.0 Å². The standard InChI is InChI=1S/C21H25N3O3/c1-15(25)23-19-8-4-7-17(11-19)21(27)22-12-20(26)14-24-10-9-16-5-2-3-6-18(16)13-24/h2-8,11,20,26H,9-10,12-14H2,1H3,(H,22,27)(H,23,25). The fourth-order valence-corrected chi connectivity index (χ4v) is 3.33. The average molecular weight is 367 g/mol. The molecule has 0 saturated heterocycles. The molecule has 1 atom stereocenters. The Bertz CT molecular complexity index is 822. The van der Waals surface area contributed by atoms with Gasteiger partial charge in [0, 0.05) is 44.4 Å². The number of aliphatic hydroxyl groups excluding tert-OH is 1. The summed E-state index contributed by atoms with van der Waals surface area (Å²) < 4.78 is 0. The van der Waals surface area contributed by atoms with E-state index >= 15 is 0 Å². The Kier molecular flexibility index (Phi) is 6.21. The maximum absolute atomic E-state index is 12.3. The molecule has 0 fully saturated rings. The summed E-state index contributed by atoms with van der Waals surface area (Å²) in [6, 6.07) is 15.1. The summed E-state index contributed by atoms with van der Waals surface area (Å²) >= 11 is 0. The van der Waals surface area contributed by atoms with E-state index < -0.39 is 6.10 Å². The first-order valence-electron chi connectivity index (χ1n) is 9.14. The number of hydrogen-bond acceptors (Lipinski definition) is 4. The highest BCUT2D eigenvalue weighted by Crippen LogP contribution is 2.18. The number of carbonyl (C=O) groups is 2. The number of nitrogens with zero attached hydrogens (tertiary/aromatic N) is 1. The lowest BCUT2D eigenvalue weighted by Crippen LogP contribution is -2.42. The van der Waals surface area contributed by atoms with Gasteiger partial charge in [-0.1, -0.05) is 30.3 Å². The van der Waals surface area contributed by atoms with E-state index in [9.17, 15) is 14.7 Å². The SMILES string of the molecule is CC(=O)Nc1cccc(C(=O)NCC(O)CN2CCc3ccccc3C2)c1. The van der Waals surface area contributed by atoms with Crippen molar-refractivity contribution in [2.45, 2.75) is 26.0 Å². The first kappa shape index (κ1) is 19.1. The minimum atomic E-state index is -0.641. The molecule has 0 spiro atoms. The first-order valence-corrected chi connectivity index (χ1v) is 9.14. The summed E-state index contributed by atoms with van der Waals surface area (Å²) in [5.74, 6) is -0.462. The highest BCUT2D eigenvalue weighted by Gasteiger charge is 2.19. The summed E-state index contributed by atoms with van der Waals surface area (Å²) in [6.45, 7) is 3.84. The van der Waals surface area contributed by atoms with Gasteiger partial charge < -0.3 is 15.7 Å². The third kappa shape index (κ3) is 5.39. The lowest BCUT2D eigenvalue weighted by molar-refractivity contribution is -0.114. The van der Waals surface area contributed by atoms with Crippen LogP contribution in [0.2, 0.25) is 0 Å². The molecule has 3 rings (SSSR count). The second-order valence-corrected chi connectivity index (χ2v) is 6.88. The van der Waals surface area contributed by atoms with Gasteiger partial charge in [-0.2, -0.15) is 0 Å². The number of hydrogen-bond donors (Lipinski definition) is 3. The van der Waals surface area contributed by atoms with Crippen LogP contribution in [0.3, 0.4) is 0 Å². The molecule has 2 aromatic carbocycles. The number of rotatable bonds is 6. The quantitative estimate of drug-likeness (QED) is 0.727. The van der Waals surface area contributed by atoms with Gasteiger partial charge in [0.1, 0.15) is 0 Å². The molecule has 6 heteroatoms. The summed E-state index contributed by atoms with van der Waals surface area (Å²) in [5.41, 5.74) is 3.69. The Hall–Kier alpha value is -2.70. The van der Waals surface area contributed by atoms with Crippen LogP contribution in [0, 0.1) is 0 Å². The van der Waals surface area contributed by atoms with Crippen LogP contribution < -0.4 is 10.6 Å². The molecule has 0 radical (unpaired) electrons. The Morgan fingerprint density at radius 1 is 1.15 bits per heavy atom. The van der Waals surface area contributed by atoms with Crippen molar-refractivity contribution in [3.05, 3.63) is 65.2 Å². The molecule has 1 heterocycles. The number of amides is 2. The van der Waals surface area contributed by atoms with Crippen LogP contribution in [-0.2, 0) is 17.8 Å². The van der Waals surface area contributed by atoms with Crippen LogP contribution in [0.1, 0.15) is 28.4 Å². The first-order chi connectivity index (χ1) is 13.0. The molecule has 1 unspecified atom stereocenters. The second-order valence-electron chi connectivity index (χ2n) is 6.88. The van der Waals surface area contributed by atoms with Gasteiger partial charge >= 0.3 is 0 Å². The van der Waals surface area contributed by atoms with E-state index in [2.05, 4.69) is 33.7 Å². The number of β-amino-alcohol motifs (C(OH)–C–C–N with tert-alkyl or cyclic N) is 1. The molecule has 0 saturated carbocycles. The largest absolute Gasteiger partial charge is 0.390 e. The van der Waals surface area contributed by atoms with Gasteiger partial charge in [0.25, 0.3) is 5.91 Å². The molecule has 1 aliphatic heterocycles. The molecule has 0 bridgehead atoms. The third-order valence-electron chi connectivity index (χ3n) is 4.62. The molecule has 2 amide bonds. The summed E-state index contributed by atoms with van der Waals surface area (Å²) in [6.07, 6.45) is 0.336. The zero-order chi connectivity index (χ0) is 19.2. The predicted octanol–water partition coefficient (Wildman–Crippen LogP) is 1.79. The van der Waals surface area contributed by atoms with E-state index in [1.165, 1.54) is 18.1 Å². The van der Waals surface area contributed by atoms with Crippen molar-refractivity contribution in [1.82, 2.24) is 10.2 Å². The molecule has 0 aromatic heterocycles. The van der Waals surface area contributed by atoms with E-state index in [0.29, 0.717) is 17.8 Å². The van der Waals surface area contributed by atoms with Crippen LogP contribution in [0.25, 0.3) is 0 Å². The van der Waals surface area contributed by atoms with Gasteiger partial charge in [0.05, 0.1) is 6.10 Å². The monoisotopic (exact) mass is 367 g/mol. The van der Waals surface area contributed by atoms with Gasteiger partial charge in [0.2, 0.25) is 5.91 Å². The number of fused-ring (bicyclic) bond motifs is 1. The third-order valence-corrected chi connectivity index (χ3v) is 4.62. The molecule has 2 aromatic rings. The normalized spacial score (nSPS) is 14.9. The fourth-order valence-electron chi connectivity index (χ4n) is 3.33. The summed E-state index contributed by atoms with van der Waals surface area (Å²) in [7, 11) is 0. The summed E-state index contributed by atoms with van der Waals surface area (Å²) in [5, 5.41) is 15.7. The summed E-state index contributed by atoms with van der Waals surface area (Å²) in [4.78, 5) is 25.6. The molecule has 27 heavy (non-hydrogen) atoms. The molecule has 1 aliphatic rings. The number of carbonyl (C=O) groups excluding carboxylic acids is 2. The smallest absolute Gasteiger partial charge is 0.251 e. The van der Waals surface area contributed by atoms with Crippen molar-refractivity contribution >= 4 is 17.5 Å². The number of aliphatic hydroxyl groups is 1. The molecule has 0 aliphatic carbocycles. The second kappa shape index (κ2) is 8.79. The van der Waals surface area contributed by atoms with Crippen LogP contribution in [0.5, 0.6) is 0 Å². The maximum atomic E-state index is 12.3. The zero-order valence-electron chi connectivity index (χ0n) is 15.4. The Morgan fingerprint density at radius 3 is 2.70 bits per heavy atom. The average Bonchev–Trinajstić information content (AvgIpc) is 2.65. The van der Waals surface area contributed by atoms with E-state index in [0.717, 1.165) is 19.5 Å². The molecule has 142 valence electrons. The van der Waals surface area contributed by atoms with Gasteiger partial charge in [-0.05, 0) is 35.7 Å². The molecule has 6 nitrogen and oxygen atoms in total. The van der Waals surface area contributed by atoms with E-state index in [-0.39, 0.29) is 18.4 Å². The van der Waals surface area contributed by atoms with Crippen molar-refractivity contribution in [2.24, 2.45) is 0 Å². The minimum Gasteiger partial charge on any atom is -0.390 e. The van der Waals surface area contributed by atoms with Crippen LogP contribution in [0.4, 0.5) is 5.69 Å². The molecular formula is C21H25N3O3. The maximum Gasteiger partial charge on any atom is 0.251 e. The van der Waals surface area contributed by atoms with Crippen LogP contribution >= 0.6 is 0 Å². The van der Waals surface area contributed by atoms with Gasteiger partial charge in [-0.3, -0.25) is 14.5 Å². The van der Waals surface area contributed by atoms with Gasteiger partial charge in [-0.25, -0.2) is 0 Å². The number of benzene rings is 2. The Labute approximate surface area is 159 Å². The molecular weight excluding hydrogens is 342 g/mol. The van der Waals surface area contributed by atoms with Crippen LogP contribution in [-0.4, -0.2) is 47.6 Å². The number of anilines is 1. The minimum absolute atomic E-state index is 0.182. The van der Waals surface area contributed by atoms with Crippen molar-refractivity contribution < 1.29 is 14.7 Å². The van der Waals surface area contributed by atoms with Crippen LogP contribution in [0.15, 0.2) is 48.5 Å². The fraction of sp³-hybridized carbons (Fsp3) is 0.333. The zero-order valence-corrected chi connectivity index (χ0v) is 15.4. The van der Waals surface area contributed by atoms with Gasteiger partial charge in [0.15, 0.2) is 0 Å². The van der Waals surface area contributed by atoms with Crippen molar-refractivity contribution in [1.29, 1.82) is 0 Å². The highest BCUT2D eigenvalue weighted by molar-refractivity contribution is 5.96. The topological polar surface area (TPSA) is 81.7 Å². The van der Waals surface area contributed by atoms with E-state index in [4.69, 9.17) is 0 Å². The Morgan fingerprint density at radius 2 is 1.93 bits per heavy atom. The Balaban J connectivity index is 1.48. The van der Waals surface area contributed by atoms with Gasteiger partial charge in [-0.15, -0.1) is 0 Å². The predicted molar refractivity (Wildman–Crippen MR) is 105 cm³/mol. The lowest BCUT2D eigenvalue weighted by atomic mass is 10.00. The highest BCUT2D eigenvalue weighted by atomic mass is 16.3. The molecule has 3 N–H and O–H groups in total. The van der Waals surface area contributed by atoms with Crippen molar-refractivity contribution in [3.8, 4) is 0 Å². The van der Waals surface area contributed by atoms with E-state index in [1.54, 1.807) is 24.3 Å². The van der Waals surface area contributed by atoms with E-state index in [1.807, 2.05) is 6.07 Å². The number of nitrogens with one attached hydrogen (secondary N) is 2. The van der Waals surface area contributed by atoms with Crippen molar-refractivity contribution in [3.63, 3.8) is 0 Å². The lowest BCUT2D eigenvalue weighted by Gasteiger charge is -2.30.